The number of rotatable bonds is 7. The summed E-state index contributed by atoms with van der Waals surface area (Å²) in [4.78, 5) is 18.2. The Balaban J connectivity index is 2.84. The number of amides is 1. The number of hydrogen-bond donors (Lipinski definition) is 1. The van der Waals surface area contributed by atoms with Crippen LogP contribution in [0, 0.1) is 0 Å². The monoisotopic (exact) mass is 283 g/mol. The third kappa shape index (κ3) is 5.07. The van der Waals surface area contributed by atoms with Crippen molar-refractivity contribution in [2.45, 2.75) is 39.5 Å². The normalized spacial score (nSPS) is 10.5. The second kappa shape index (κ2) is 8.00. The summed E-state index contributed by atoms with van der Waals surface area (Å²) in [6.07, 6.45) is 4.14. The van der Waals surface area contributed by atoms with Gasteiger partial charge in [-0.05, 0) is 25.0 Å². The van der Waals surface area contributed by atoms with Crippen LogP contribution in [0.15, 0.2) is 12.1 Å². The number of halogens is 1. The largest absolute Gasteiger partial charge is 0.384 e. The lowest BCUT2D eigenvalue weighted by Gasteiger charge is -2.22. The molecule has 0 spiro atoms. The van der Waals surface area contributed by atoms with E-state index in [-0.39, 0.29) is 16.9 Å². The minimum absolute atomic E-state index is 0.0158. The molecule has 19 heavy (non-hydrogen) atoms. The van der Waals surface area contributed by atoms with Gasteiger partial charge in [-0.15, -0.1) is 0 Å². The highest BCUT2D eigenvalue weighted by Gasteiger charge is 2.16. The Bertz CT molecular complexity index is 395. The van der Waals surface area contributed by atoms with Crippen LogP contribution in [0.2, 0.25) is 5.15 Å². The van der Waals surface area contributed by atoms with Crippen molar-refractivity contribution in [3.05, 3.63) is 22.8 Å². The molecule has 0 aliphatic rings. The highest BCUT2D eigenvalue weighted by Crippen LogP contribution is 2.15. The van der Waals surface area contributed by atoms with Crippen LogP contribution in [0.25, 0.3) is 0 Å². The Morgan fingerprint density at radius 3 is 2.32 bits per heavy atom. The van der Waals surface area contributed by atoms with E-state index in [0.29, 0.717) is 5.56 Å². The molecule has 1 rings (SSSR count). The molecule has 0 aliphatic carbocycles. The van der Waals surface area contributed by atoms with Crippen molar-refractivity contribution >= 4 is 23.3 Å². The Labute approximate surface area is 120 Å². The Morgan fingerprint density at radius 1 is 1.26 bits per heavy atom. The van der Waals surface area contributed by atoms with E-state index < -0.39 is 0 Å². The van der Waals surface area contributed by atoms with Crippen molar-refractivity contribution in [2.75, 3.05) is 18.8 Å². The number of hydrogen-bond acceptors (Lipinski definition) is 3. The van der Waals surface area contributed by atoms with Gasteiger partial charge in [0, 0.05) is 18.7 Å². The predicted molar refractivity (Wildman–Crippen MR) is 79.4 cm³/mol. The molecule has 1 aromatic rings. The third-order valence-electron chi connectivity index (χ3n) is 2.91. The highest BCUT2D eigenvalue weighted by molar-refractivity contribution is 6.29. The van der Waals surface area contributed by atoms with Gasteiger partial charge in [-0.1, -0.05) is 38.3 Å². The standard InChI is InChI=1S/C14H22ClN3O/c1-3-5-7-18(8-6-4-2)14(19)11-9-12(15)17-13(16)10-11/h9-10H,3-8H2,1-2H3,(H2,16,17). The van der Waals surface area contributed by atoms with Crippen LogP contribution in [0.5, 0.6) is 0 Å². The van der Waals surface area contributed by atoms with E-state index in [9.17, 15) is 4.79 Å². The summed E-state index contributed by atoms with van der Waals surface area (Å²) in [5, 5.41) is 0.259. The molecule has 0 bridgehead atoms. The lowest BCUT2D eigenvalue weighted by molar-refractivity contribution is 0.0751. The Hall–Kier alpha value is -1.29. The van der Waals surface area contributed by atoms with Gasteiger partial charge >= 0.3 is 0 Å². The molecule has 5 heteroatoms. The zero-order valence-electron chi connectivity index (χ0n) is 11.7. The number of aromatic nitrogens is 1. The molecule has 1 amide bonds. The fourth-order valence-corrected chi connectivity index (χ4v) is 2.05. The molecular formula is C14H22ClN3O. The van der Waals surface area contributed by atoms with E-state index in [0.717, 1.165) is 38.8 Å². The molecule has 0 saturated heterocycles. The number of pyridine rings is 1. The van der Waals surface area contributed by atoms with Crippen LogP contribution in [0.4, 0.5) is 5.82 Å². The molecule has 0 fully saturated rings. The van der Waals surface area contributed by atoms with Gasteiger partial charge in [0.25, 0.3) is 5.91 Å². The highest BCUT2D eigenvalue weighted by atomic mass is 35.5. The summed E-state index contributed by atoms with van der Waals surface area (Å²) in [6.45, 7) is 5.78. The maximum atomic E-state index is 12.4. The molecule has 0 aliphatic heterocycles. The number of nitrogens with two attached hydrogens (primary N) is 1. The van der Waals surface area contributed by atoms with Gasteiger partial charge in [-0.3, -0.25) is 4.79 Å². The van der Waals surface area contributed by atoms with E-state index in [4.69, 9.17) is 17.3 Å². The molecule has 4 nitrogen and oxygen atoms in total. The summed E-state index contributed by atoms with van der Waals surface area (Å²) in [5.41, 5.74) is 6.15. The predicted octanol–water partition coefficient (Wildman–Crippen LogP) is 3.36. The van der Waals surface area contributed by atoms with Gasteiger partial charge in [0.05, 0.1) is 0 Å². The fraction of sp³-hybridized carbons (Fsp3) is 0.571. The van der Waals surface area contributed by atoms with E-state index in [2.05, 4.69) is 18.8 Å². The van der Waals surface area contributed by atoms with E-state index >= 15 is 0 Å². The van der Waals surface area contributed by atoms with Gasteiger partial charge in [0.2, 0.25) is 0 Å². The SMILES string of the molecule is CCCCN(CCCC)C(=O)c1cc(N)nc(Cl)c1. The van der Waals surface area contributed by atoms with Crippen molar-refractivity contribution < 1.29 is 4.79 Å². The van der Waals surface area contributed by atoms with E-state index in [1.54, 1.807) is 12.1 Å². The van der Waals surface area contributed by atoms with Crippen molar-refractivity contribution in [3.8, 4) is 0 Å². The topological polar surface area (TPSA) is 59.2 Å². The number of carbonyl (C=O) groups excluding carboxylic acids is 1. The quantitative estimate of drug-likeness (QED) is 0.781. The van der Waals surface area contributed by atoms with Gasteiger partial charge in [-0.25, -0.2) is 4.98 Å². The summed E-state index contributed by atoms with van der Waals surface area (Å²) in [5.74, 6) is 0.264. The maximum Gasteiger partial charge on any atom is 0.254 e. The van der Waals surface area contributed by atoms with Gasteiger partial charge < -0.3 is 10.6 Å². The number of anilines is 1. The average Bonchev–Trinajstić information content (AvgIpc) is 2.37. The minimum atomic E-state index is -0.0158. The maximum absolute atomic E-state index is 12.4. The second-order valence-electron chi connectivity index (χ2n) is 4.60. The van der Waals surface area contributed by atoms with Crippen LogP contribution in [-0.4, -0.2) is 28.9 Å². The van der Waals surface area contributed by atoms with Crippen LogP contribution >= 0.6 is 11.6 Å². The summed E-state index contributed by atoms with van der Waals surface area (Å²) in [6, 6.07) is 3.16. The molecule has 106 valence electrons. The lowest BCUT2D eigenvalue weighted by Crippen LogP contribution is -2.33. The first-order valence-corrected chi connectivity index (χ1v) is 7.18. The fourth-order valence-electron chi connectivity index (χ4n) is 1.84. The summed E-state index contributed by atoms with van der Waals surface area (Å²) in [7, 11) is 0. The molecule has 2 N–H and O–H groups in total. The van der Waals surface area contributed by atoms with Crippen molar-refractivity contribution in [1.29, 1.82) is 0 Å². The van der Waals surface area contributed by atoms with Gasteiger partial charge in [-0.2, -0.15) is 0 Å². The van der Waals surface area contributed by atoms with Crippen LogP contribution < -0.4 is 5.73 Å². The molecule has 1 aromatic heterocycles. The molecular weight excluding hydrogens is 262 g/mol. The summed E-state index contributed by atoms with van der Waals surface area (Å²) >= 11 is 5.85. The van der Waals surface area contributed by atoms with E-state index in [1.807, 2.05) is 4.90 Å². The molecule has 0 aromatic carbocycles. The minimum Gasteiger partial charge on any atom is -0.384 e. The van der Waals surface area contributed by atoms with Gasteiger partial charge in [0.1, 0.15) is 11.0 Å². The third-order valence-corrected chi connectivity index (χ3v) is 3.10. The zero-order chi connectivity index (χ0) is 14.3. The first-order valence-electron chi connectivity index (χ1n) is 6.80. The molecule has 0 atom stereocenters. The van der Waals surface area contributed by atoms with Crippen LogP contribution in [0.1, 0.15) is 49.9 Å². The Kier molecular flexibility index (Phi) is 6.64. The molecule has 0 unspecified atom stereocenters. The van der Waals surface area contributed by atoms with Crippen molar-refractivity contribution in [1.82, 2.24) is 9.88 Å². The second-order valence-corrected chi connectivity index (χ2v) is 4.99. The number of nitrogen functional groups attached to an aromatic ring is 1. The molecule has 0 radical (unpaired) electrons. The van der Waals surface area contributed by atoms with Crippen molar-refractivity contribution in [2.24, 2.45) is 0 Å². The zero-order valence-corrected chi connectivity index (χ0v) is 12.4. The number of unbranched alkanes of at least 4 members (excludes halogenated alkanes) is 2. The average molecular weight is 284 g/mol. The first-order chi connectivity index (χ1) is 9.08. The lowest BCUT2D eigenvalue weighted by atomic mass is 10.2. The van der Waals surface area contributed by atoms with Gasteiger partial charge in [0.15, 0.2) is 0 Å². The molecule has 1 heterocycles. The molecule has 0 saturated carbocycles. The van der Waals surface area contributed by atoms with Crippen LogP contribution in [0.3, 0.4) is 0 Å². The van der Waals surface area contributed by atoms with Crippen LogP contribution in [-0.2, 0) is 0 Å². The first kappa shape index (κ1) is 15.8. The Morgan fingerprint density at radius 2 is 1.84 bits per heavy atom. The van der Waals surface area contributed by atoms with E-state index in [1.165, 1.54) is 0 Å². The summed E-state index contributed by atoms with van der Waals surface area (Å²) < 4.78 is 0. The van der Waals surface area contributed by atoms with Crippen molar-refractivity contribution in [3.63, 3.8) is 0 Å². The number of nitrogens with zero attached hydrogens (tertiary/aromatic N) is 2. The number of carbonyl (C=O) groups is 1. The smallest absolute Gasteiger partial charge is 0.254 e.